The van der Waals surface area contributed by atoms with Crippen LogP contribution in [0.2, 0.25) is 0 Å². The molecule has 0 fully saturated rings. The summed E-state index contributed by atoms with van der Waals surface area (Å²) >= 11 is 0. The van der Waals surface area contributed by atoms with Crippen LogP contribution in [0.1, 0.15) is 25.8 Å². The molecule has 1 aromatic carbocycles. The summed E-state index contributed by atoms with van der Waals surface area (Å²) in [6, 6.07) is 8.49. The second-order valence-corrected chi connectivity index (χ2v) is 5.38. The van der Waals surface area contributed by atoms with Gasteiger partial charge in [-0.3, -0.25) is 0 Å². The average Bonchev–Trinajstić information content (AvgIpc) is 2.34. The van der Waals surface area contributed by atoms with Gasteiger partial charge in [0, 0.05) is 17.8 Å². The Bertz CT molecular complexity index is 438. The molecule has 92 valence electrons. The molecular weight excluding hydrogens is 210 g/mol. The highest BCUT2D eigenvalue weighted by molar-refractivity contribution is 5.56. The average molecular weight is 232 g/mol. The van der Waals surface area contributed by atoms with Gasteiger partial charge in [-0.25, -0.2) is 4.58 Å². The number of ether oxygens (including phenoxy) is 1. The summed E-state index contributed by atoms with van der Waals surface area (Å²) in [5.41, 5.74) is 1.61. The zero-order valence-corrected chi connectivity index (χ0v) is 11.2. The summed E-state index contributed by atoms with van der Waals surface area (Å²) in [6.45, 7) is 5.81. The standard InChI is InChI=1S/C15H22NO/c1-12-11-16(3)9-8-15(12,2)13-6-5-7-14(10-13)17-4/h5-7,9-10,12H,8,11H2,1-4H3/q+1. The fraction of sp³-hybridized carbons (Fsp3) is 0.533. The maximum absolute atomic E-state index is 5.33. The number of nitrogens with zero attached hydrogens (tertiary/aromatic N) is 1. The van der Waals surface area contributed by atoms with Crippen molar-refractivity contribution in [3.05, 3.63) is 29.8 Å². The fourth-order valence-corrected chi connectivity index (χ4v) is 2.64. The van der Waals surface area contributed by atoms with E-state index in [2.05, 4.69) is 49.9 Å². The Labute approximate surface area is 104 Å². The normalized spacial score (nSPS) is 28.7. The second-order valence-electron chi connectivity index (χ2n) is 5.38. The van der Waals surface area contributed by atoms with Crippen molar-refractivity contribution in [2.45, 2.75) is 25.7 Å². The maximum atomic E-state index is 5.33. The summed E-state index contributed by atoms with van der Waals surface area (Å²) in [4.78, 5) is 0. The van der Waals surface area contributed by atoms with Crippen molar-refractivity contribution in [1.82, 2.24) is 0 Å². The molecule has 0 aliphatic carbocycles. The minimum Gasteiger partial charge on any atom is -0.497 e. The molecule has 0 spiro atoms. The van der Waals surface area contributed by atoms with Gasteiger partial charge in [-0.2, -0.15) is 0 Å². The van der Waals surface area contributed by atoms with Gasteiger partial charge in [-0.05, 0) is 17.7 Å². The Kier molecular flexibility index (Phi) is 3.23. The van der Waals surface area contributed by atoms with Crippen LogP contribution in [0.25, 0.3) is 0 Å². The Morgan fingerprint density at radius 1 is 1.41 bits per heavy atom. The first-order valence-corrected chi connectivity index (χ1v) is 6.24. The van der Waals surface area contributed by atoms with Crippen LogP contribution in [0.4, 0.5) is 0 Å². The first-order chi connectivity index (χ1) is 8.06. The number of methoxy groups -OCH3 is 1. The lowest BCUT2D eigenvalue weighted by Gasteiger charge is -2.36. The van der Waals surface area contributed by atoms with Gasteiger partial charge < -0.3 is 4.74 Å². The molecule has 17 heavy (non-hydrogen) atoms. The summed E-state index contributed by atoms with van der Waals surface area (Å²) in [5, 5.41) is 0. The Morgan fingerprint density at radius 3 is 2.82 bits per heavy atom. The van der Waals surface area contributed by atoms with Crippen LogP contribution < -0.4 is 4.74 Å². The van der Waals surface area contributed by atoms with E-state index in [1.807, 2.05) is 6.07 Å². The highest BCUT2D eigenvalue weighted by atomic mass is 16.5. The van der Waals surface area contributed by atoms with E-state index in [4.69, 9.17) is 4.74 Å². The van der Waals surface area contributed by atoms with Crippen LogP contribution in [0.15, 0.2) is 24.3 Å². The van der Waals surface area contributed by atoms with Crippen molar-refractivity contribution in [2.24, 2.45) is 5.92 Å². The van der Waals surface area contributed by atoms with Gasteiger partial charge in [0.05, 0.1) is 7.11 Å². The van der Waals surface area contributed by atoms with Crippen LogP contribution in [-0.4, -0.2) is 31.5 Å². The molecule has 1 aliphatic rings. The van der Waals surface area contributed by atoms with Crippen LogP contribution in [0.3, 0.4) is 0 Å². The Balaban J connectivity index is 2.37. The summed E-state index contributed by atoms with van der Waals surface area (Å²) in [5.74, 6) is 1.60. The van der Waals surface area contributed by atoms with Crippen molar-refractivity contribution < 1.29 is 9.31 Å². The van der Waals surface area contributed by atoms with Gasteiger partial charge in [0.2, 0.25) is 0 Å². The molecule has 2 nitrogen and oxygen atoms in total. The SMILES string of the molecule is COc1cccc(C2(C)CC=[N+](C)CC2C)c1. The highest BCUT2D eigenvalue weighted by Crippen LogP contribution is 2.37. The predicted molar refractivity (Wildman–Crippen MR) is 71.2 cm³/mol. The van der Waals surface area contributed by atoms with Crippen molar-refractivity contribution in [3.63, 3.8) is 0 Å². The quantitative estimate of drug-likeness (QED) is 0.714. The molecule has 1 heterocycles. The van der Waals surface area contributed by atoms with Gasteiger partial charge in [0.1, 0.15) is 25.6 Å². The lowest BCUT2D eigenvalue weighted by molar-refractivity contribution is -0.508. The fourth-order valence-electron chi connectivity index (χ4n) is 2.64. The third kappa shape index (κ3) is 2.21. The van der Waals surface area contributed by atoms with Crippen molar-refractivity contribution in [3.8, 4) is 5.75 Å². The van der Waals surface area contributed by atoms with E-state index in [9.17, 15) is 0 Å². The molecular formula is C15H22NO+. The second kappa shape index (κ2) is 4.52. The topological polar surface area (TPSA) is 12.2 Å². The highest BCUT2D eigenvalue weighted by Gasteiger charge is 2.38. The lowest BCUT2D eigenvalue weighted by Crippen LogP contribution is -2.40. The molecule has 1 aromatic rings. The zero-order valence-electron chi connectivity index (χ0n) is 11.2. The van der Waals surface area contributed by atoms with Crippen molar-refractivity contribution in [2.75, 3.05) is 20.7 Å². The van der Waals surface area contributed by atoms with Crippen LogP contribution in [0, 0.1) is 5.92 Å². The monoisotopic (exact) mass is 232 g/mol. The zero-order chi connectivity index (χ0) is 12.5. The van der Waals surface area contributed by atoms with E-state index in [0.29, 0.717) is 5.92 Å². The Morgan fingerprint density at radius 2 is 2.18 bits per heavy atom. The summed E-state index contributed by atoms with van der Waals surface area (Å²) in [6.07, 6.45) is 3.40. The smallest absolute Gasteiger partial charge is 0.145 e. The van der Waals surface area contributed by atoms with Gasteiger partial charge in [0.15, 0.2) is 0 Å². The largest absolute Gasteiger partial charge is 0.497 e. The Hall–Kier alpha value is -1.31. The first kappa shape index (κ1) is 12.2. The molecule has 2 unspecified atom stereocenters. The molecule has 0 saturated heterocycles. The van der Waals surface area contributed by atoms with Gasteiger partial charge in [-0.15, -0.1) is 0 Å². The molecule has 2 rings (SSSR count). The molecule has 0 saturated carbocycles. The number of benzene rings is 1. The van der Waals surface area contributed by atoms with Gasteiger partial charge >= 0.3 is 0 Å². The molecule has 0 N–H and O–H groups in total. The van der Waals surface area contributed by atoms with E-state index in [1.165, 1.54) is 5.56 Å². The third-order valence-corrected chi connectivity index (χ3v) is 4.21. The van der Waals surface area contributed by atoms with E-state index in [1.54, 1.807) is 7.11 Å². The predicted octanol–water partition coefficient (Wildman–Crippen LogP) is 2.71. The first-order valence-electron chi connectivity index (χ1n) is 6.24. The molecule has 0 bridgehead atoms. The van der Waals surface area contributed by atoms with E-state index in [-0.39, 0.29) is 5.41 Å². The third-order valence-electron chi connectivity index (χ3n) is 4.21. The van der Waals surface area contributed by atoms with Crippen molar-refractivity contribution >= 4 is 6.21 Å². The van der Waals surface area contributed by atoms with Gasteiger partial charge in [0.25, 0.3) is 0 Å². The molecule has 2 heteroatoms. The summed E-state index contributed by atoms with van der Waals surface area (Å²) in [7, 11) is 3.88. The van der Waals surface area contributed by atoms with E-state index < -0.39 is 0 Å². The van der Waals surface area contributed by atoms with Crippen LogP contribution in [0.5, 0.6) is 5.75 Å². The van der Waals surface area contributed by atoms with Crippen molar-refractivity contribution in [1.29, 1.82) is 0 Å². The minimum absolute atomic E-state index is 0.223. The van der Waals surface area contributed by atoms with Crippen LogP contribution >= 0.6 is 0 Å². The minimum atomic E-state index is 0.223. The number of hydrogen-bond acceptors (Lipinski definition) is 1. The molecule has 0 aromatic heterocycles. The maximum Gasteiger partial charge on any atom is 0.145 e. The summed E-state index contributed by atoms with van der Waals surface area (Å²) < 4.78 is 7.62. The van der Waals surface area contributed by atoms with Gasteiger partial charge in [-0.1, -0.05) is 26.0 Å². The number of hydrogen-bond donors (Lipinski definition) is 0. The number of rotatable bonds is 2. The molecule has 0 radical (unpaired) electrons. The van der Waals surface area contributed by atoms with Crippen LogP contribution in [-0.2, 0) is 5.41 Å². The van der Waals surface area contributed by atoms with E-state index in [0.717, 1.165) is 18.7 Å². The molecule has 1 aliphatic heterocycles. The molecule has 2 atom stereocenters. The molecule has 0 amide bonds. The lowest BCUT2D eigenvalue weighted by atomic mass is 9.69. The van der Waals surface area contributed by atoms with E-state index >= 15 is 0 Å².